The third kappa shape index (κ3) is 3.72. The summed E-state index contributed by atoms with van der Waals surface area (Å²) in [6, 6.07) is 9.17. The third-order valence-corrected chi connectivity index (χ3v) is 4.88. The van der Waals surface area contributed by atoms with Gasteiger partial charge in [0.1, 0.15) is 17.2 Å². The Labute approximate surface area is 174 Å². The van der Waals surface area contributed by atoms with E-state index in [-0.39, 0.29) is 22.1 Å². The van der Waals surface area contributed by atoms with Gasteiger partial charge in [-0.15, -0.1) is 0 Å². The van der Waals surface area contributed by atoms with E-state index in [0.717, 1.165) is 24.3 Å². The molecule has 0 saturated carbocycles. The third-order valence-electron chi connectivity index (χ3n) is 4.55. The van der Waals surface area contributed by atoms with E-state index in [4.69, 9.17) is 16.0 Å². The summed E-state index contributed by atoms with van der Waals surface area (Å²) in [5, 5.41) is -0.798. The van der Waals surface area contributed by atoms with Gasteiger partial charge >= 0.3 is 11.9 Å². The summed E-state index contributed by atoms with van der Waals surface area (Å²) in [6.07, 6.45) is -4.82. The highest BCUT2D eigenvalue weighted by molar-refractivity contribution is 6.31. The Morgan fingerprint density at radius 1 is 0.903 bits per heavy atom. The highest BCUT2D eigenvalue weighted by atomic mass is 35.5. The van der Waals surface area contributed by atoms with E-state index in [1.165, 1.54) is 18.2 Å². The van der Waals surface area contributed by atoms with Gasteiger partial charge in [-0.2, -0.15) is 13.2 Å². The van der Waals surface area contributed by atoms with Gasteiger partial charge in [-0.3, -0.25) is 4.79 Å². The van der Waals surface area contributed by atoms with Crippen LogP contribution < -0.4 is 11.3 Å². The predicted molar refractivity (Wildman–Crippen MR) is 103 cm³/mol. The molecule has 0 atom stereocenters. The van der Waals surface area contributed by atoms with Crippen LogP contribution in [-0.4, -0.2) is 4.57 Å². The number of hydrogen-bond donors (Lipinski definition) is 0. The molecule has 4 nitrogen and oxygen atoms in total. The summed E-state index contributed by atoms with van der Waals surface area (Å²) in [7, 11) is 0. The zero-order valence-electron chi connectivity index (χ0n) is 15.1. The van der Waals surface area contributed by atoms with Gasteiger partial charge in [0.25, 0.3) is 5.56 Å². The standard InChI is InChI=1S/C21H9ClF5NO3/c22-16-5-3-12(9-15(16)21(25,26)27)28-19(29)14-7-10(1-6-18(14)31-20(28)30)13-4-2-11(23)8-17(13)24/h1-9H. The van der Waals surface area contributed by atoms with Crippen LogP contribution in [0.25, 0.3) is 27.8 Å². The number of fused-ring (bicyclic) bond motifs is 1. The minimum atomic E-state index is -4.82. The number of nitrogens with zero attached hydrogens (tertiary/aromatic N) is 1. The number of hydrogen-bond acceptors (Lipinski definition) is 3. The average molecular weight is 454 g/mol. The molecule has 0 fully saturated rings. The Balaban J connectivity index is 1.96. The van der Waals surface area contributed by atoms with Gasteiger partial charge in [-0.25, -0.2) is 18.1 Å². The van der Waals surface area contributed by atoms with Crippen molar-refractivity contribution >= 4 is 22.6 Å². The maximum atomic E-state index is 14.1. The molecule has 0 saturated heterocycles. The summed E-state index contributed by atoms with van der Waals surface area (Å²) in [6.45, 7) is 0. The van der Waals surface area contributed by atoms with Crippen molar-refractivity contribution in [3.05, 3.63) is 97.7 Å². The largest absolute Gasteiger partial charge is 0.426 e. The van der Waals surface area contributed by atoms with Crippen LogP contribution in [0, 0.1) is 11.6 Å². The monoisotopic (exact) mass is 453 g/mol. The van der Waals surface area contributed by atoms with Gasteiger partial charge in [0.05, 0.1) is 21.7 Å². The van der Waals surface area contributed by atoms with Crippen molar-refractivity contribution in [3.8, 4) is 16.8 Å². The Bertz CT molecular complexity index is 1460. The summed E-state index contributed by atoms with van der Waals surface area (Å²) < 4.78 is 72.3. The highest BCUT2D eigenvalue weighted by Gasteiger charge is 2.33. The fraction of sp³-hybridized carbons (Fsp3) is 0.0476. The van der Waals surface area contributed by atoms with Crippen molar-refractivity contribution in [1.29, 1.82) is 0 Å². The van der Waals surface area contributed by atoms with Crippen LogP contribution in [-0.2, 0) is 6.18 Å². The molecule has 0 aliphatic rings. The number of aromatic nitrogens is 1. The van der Waals surface area contributed by atoms with E-state index in [1.807, 2.05) is 0 Å². The van der Waals surface area contributed by atoms with Crippen LogP contribution in [0.2, 0.25) is 5.02 Å². The van der Waals surface area contributed by atoms with Crippen molar-refractivity contribution in [1.82, 2.24) is 4.57 Å². The van der Waals surface area contributed by atoms with Gasteiger partial charge in [0.2, 0.25) is 0 Å². The molecular weight excluding hydrogens is 445 g/mol. The molecular formula is C21H9ClF5NO3. The second kappa shape index (κ2) is 7.35. The van der Waals surface area contributed by atoms with Gasteiger partial charge in [-0.1, -0.05) is 17.7 Å². The normalized spacial score (nSPS) is 11.8. The van der Waals surface area contributed by atoms with Crippen molar-refractivity contribution < 1.29 is 26.4 Å². The first-order valence-electron chi connectivity index (χ1n) is 8.59. The lowest BCUT2D eigenvalue weighted by Gasteiger charge is -2.12. The lowest BCUT2D eigenvalue weighted by Crippen LogP contribution is -2.31. The Kier molecular flexibility index (Phi) is 4.93. The van der Waals surface area contributed by atoms with E-state index < -0.39 is 45.4 Å². The number of halogens is 6. The average Bonchev–Trinajstić information content (AvgIpc) is 2.68. The molecule has 0 bridgehead atoms. The second-order valence-corrected chi connectivity index (χ2v) is 6.91. The molecule has 1 heterocycles. The van der Waals surface area contributed by atoms with Crippen LogP contribution in [0.15, 0.2) is 68.6 Å². The molecule has 4 rings (SSSR count). The van der Waals surface area contributed by atoms with E-state index in [2.05, 4.69) is 0 Å². The van der Waals surface area contributed by atoms with Gasteiger partial charge < -0.3 is 4.42 Å². The summed E-state index contributed by atoms with van der Waals surface area (Å²) in [5.41, 5.74) is -2.62. The second-order valence-electron chi connectivity index (χ2n) is 6.51. The fourth-order valence-electron chi connectivity index (χ4n) is 3.11. The SMILES string of the molecule is O=c1oc2ccc(-c3ccc(F)cc3F)cc2c(=O)n1-c1ccc(Cl)c(C(F)(F)F)c1. The summed E-state index contributed by atoms with van der Waals surface area (Å²) >= 11 is 5.59. The van der Waals surface area contributed by atoms with E-state index >= 15 is 0 Å². The minimum Gasteiger partial charge on any atom is -0.409 e. The summed E-state index contributed by atoms with van der Waals surface area (Å²) in [5.74, 6) is -2.89. The van der Waals surface area contributed by atoms with E-state index in [0.29, 0.717) is 16.7 Å². The molecule has 0 aliphatic heterocycles. The van der Waals surface area contributed by atoms with Gasteiger partial charge in [0, 0.05) is 11.6 Å². The predicted octanol–water partition coefficient (Wildman–Crippen LogP) is 5.56. The molecule has 31 heavy (non-hydrogen) atoms. The molecule has 10 heteroatoms. The zero-order chi connectivity index (χ0) is 22.5. The molecule has 0 radical (unpaired) electrons. The lowest BCUT2D eigenvalue weighted by molar-refractivity contribution is -0.137. The molecule has 1 aromatic heterocycles. The van der Waals surface area contributed by atoms with Crippen LogP contribution in [0.1, 0.15) is 5.56 Å². The lowest BCUT2D eigenvalue weighted by atomic mass is 10.0. The van der Waals surface area contributed by atoms with Crippen molar-refractivity contribution in [2.24, 2.45) is 0 Å². The molecule has 0 N–H and O–H groups in total. The molecule has 0 unspecified atom stereocenters. The summed E-state index contributed by atoms with van der Waals surface area (Å²) in [4.78, 5) is 25.3. The topological polar surface area (TPSA) is 52.2 Å². The Morgan fingerprint density at radius 3 is 2.32 bits per heavy atom. The van der Waals surface area contributed by atoms with Crippen LogP contribution in [0.3, 0.4) is 0 Å². The van der Waals surface area contributed by atoms with Gasteiger partial charge in [-0.05, 0) is 48.0 Å². The fourth-order valence-corrected chi connectivity index (χ4v) is 3.34. The van der Waals surface area contributed by atoms with Crippen molar-refractivity contribution in [2.75, 3.05) is 0 Å². The van der Waals surface area contributed by atoms with E-state index in [9.17, 15) is 31.5 Å². The van der Waals surface area contributed by atoms with Crippen LogP contribution in [0.4, 0.5) is 22.0 Å². The molecule has 0 aliphatic carbocycles. The molecule has 0 amide bonds. The molecule has 0 spiro atoms. The number of rotatable bonds is 2. The Morgan fingerprint density at radius 2 is 1.65 bits per heavy atom. The molecule has 158 valence electrons. The first-order chi connectivity index (χ1) is 14.6. The maximum Gasteiger partial charge on any atom is 0.426 e. The molecule has 4 aromatic rings. The van der Waals surface area contributed by atoms with Gasteiger partial charge in [0.15, 0.2) is 0 Å². The van der Waals surface area contributed by atoms with Crippen molar-refractivity contribution in [3.63, 3.8) is 0 Å². The number of benzene rings is 3. The highest BCUT2D eigenvalue weighted by Crippen LogP contribution is 2.35. The van der Waals surface area contributed by atoms with Crippen LogP contribution in [0.5, 0.6) is 0 Å². The first-order valence-corrected chi connectivity index (χ1v) is 8.96. The van der Waals surface area contributed by atoms with Crippen LogP contribution >= 0.6 is 11.6 Å². The smallest absolute Gasteiger partial charge is 0.409 e. The molecule has 3 aromatic carbocycles. The minimum absolute atomic E-state index is 0.0219. The maximum absolute atomic E-state index is 14.1. The first kappa shape index (κ1) is 20.8. The Hall–Kier alpha value is -3.46. The number of alkyl halides is 3. The quantitative estimate of drug-likeness (QED) is 0.373. The zero-order valence-corrected chi connectivity index (χ0v) is 15.9. The van der Waals surface area contributed by atoms with E-state index in [1.54, 1.807) is 0 Å². The van der Waals surface area contributed by atoms with Crippen molar-refractivity contribution in [2.45, 2.75) is 6.18 Å².